The molecule has 7 heteroatoms. The Labute approximate surface area is 151 Å². The van der Waals surface area contributed by atoms with Crippen LogP contribution in [-0.2, 0) is 4.79 Å². The molecule has 0 spiro atoms. The number of rotatable bonds is 5. The molecule has 1 saturated heterocycles. The average molecular weight is 358 g/mol. The molecule has 1 aromatic carbocycles. The van der Waals surface area contributed by atoms with Crippen LogP contribution in [0, 0.1) is 0 Å². The first-order chi connectivity index (χ1) is 12.0. The van der Waals surface area contributed by atoms with E-state index in [9.17, 15) is 9.59 Å². The van der Waals surface area contributed by atoms with E-state index in [4.69, 9.17) is 0 Å². The molecule has 6 nitrogen and oxygen atoms in total. The molecule has 25 heavy (non-hydrogen) atoms. The Bertz CT molecular complexity index is 770. The van der Waals surface area contributed by atoms with Gasteiger partial charge in [-0.05, 0) is 30.5 Å². The lowest BCUT2D eigenvalue weighted by atomic mass is 10.0. The number of aromatic nitrogens is 2. The van der Waals surface area contributed by atoms with Gasteiger partial charge in [-0.1, -0.05) is 37.7 Å². The van der Waals surface area contributed by atoms with Crippen LogP contribution in [0.5, 0.6) is 0 Å². The largest absolute Gasteiger partial charge is 0.336 e. The van der Waals surface area contributed by atoms with Gasteiger partial charge in [-0.3, -0.25) is 14.3 Å². The Morgan fingerprint density at radius 2 is 1.96 bits per heavy atom. The summed E-state index contributed by atoms with van der Waals surface area (Å²) in [5.41, 5.74) is 2.28. The van der Waals surface area contributed by atoms with Crippen molar-refractivity contribution in [1.82, 2.24) is 19.8 Å². The molecule has 1 aliphatic rings. The van der Waals surface area contributed by atoms with Crippen molar-refractivity contribution < 1.29 is 9.59 Å². The molecule has 1 aliphatic heterocycles. The zero-order valence-corrected chi connectivity index (χ0v) is 15.4. The topological polar surface area (TPSA) is 67.2 Å². The highest BCUT2D eigenvalue weighted by Crippen LogP contribution is 2.26. The van der Waals surface area contributed by atoms with Gasteiger partial charge in [-0.15, -0.1) is 0 Å². The first kappa shape index (κ1) is 17.5. The van der Waals surface area contributed by atoms with E-state index in [-0.39, 0.29) is 17.2 Å². The highest BCUT2D eigenvalue weighted by atomic mass is 32.2. The number of nitrogens with one attached hydrogen (secondary N) is 1. The van der Waals surface area contributed by atoms with Crippen LogP contribution in [-0.4, -0.2) is 44.7 Å². The smallest absolute Gasteiger partial charge is 0.324 e. The summed E-state index contributed by atoms with van der Waals surface area (Å²) in [6.45, 7) is 7.07. The van der Waals surface area contributed by atoms with E-state index in [1.165, 1.54) is 22.2 Å². The summed E-state index contributed by atoms with van der Waals surface area (Å²) in [6, 6.07) is 8.02. The summed E-state index contributed by atoms with van der Waals surface area (Å²) < 4.78 is 1.96. The van der Waals surface area contributed by atoms with Gasteiger partial charge in [-0.2, -0.15) is 0 Å². The van der Waals surface area contributed by atoms with Gasteiger partial charge < -0.3 is 5.32 Å². The predicted molar refractivity (Wildman–Crippen MR) is 98.1 cm³/mol. The SMILES string of the molecule is CC(C)c1ccc(-n2ccnc2S[C@@H](C)C(=O)N2CCNC2=O)cc1. The number of carbonyl (C=O) groups excluding carboxylic acids is 2. The Kier molecular flexibility index (Phi) is 5.13. The molecular formula is C18H22N4O2S. The molecule has 3 amide bonds. The van der Waals surface area contributed by atoms with Gasteiger partial charge in [0.15, 0.2) is 5.16 Å². The van der Waals surface area contributed by atoms with Crippen LogP contribution in [0.25, 0.3) is 5.69 Å². The van der Waals surface area contributed by atoms with E-state index >= 15 is 0 Å². The number of imide groups is 1. The van der Waals surface area contributed by atoms with Crippen LogP contribution in [0.1, 0.15) is 32.3 Å². The van der Waals surface area contributed by atoms with Gasteiger partial charge in [0.2, 0.25) is 5.91 Å². The van der Waals surface area contributed by atoms with Gasteiger partial charge in [0.25, 0.3) is 0 Å². The highest BCUT2D eigenvalue weighted by Gasteiger charge is 2.30. The van der Waals surface area contributed by atoms with Crippen molar-refractivity contribution in [2.75, 3.05) is 13.1 Å². The van der Waals surface area contributed by atoms with Crippen LogP contribution in [0.4, 0.5) is 4.79 Å². The summed E-state index contributed by atoms with van der Waals surface area (Å²) in [5.74, 6) is 0.291. The number of carbonyl (C=O) groups is 2. The van der Waals surface area contributed by atoms with Crippen molar-refractivity contribution in [2.24, 2.45) is 0 Å². The lowest BCUT2D eigenvalue weighted by molar-refractivity contribution is -0.126. The number of amides is 3. The van der Waals surface area contributed by atoms with Gasteiger partial charge in [0, 0.05) is 31.2 Å². The van der Waals surface area contributed by atoms with E-state index in [2.05, 4.69) is 48.4 Å². The minimum atomic E-state index is -0.389. The summed E-state index contributed by atoms with van der Waals surface area (Å²) in [6.07, 6.45) is 3.60. The average Bonchev–Trinajstić information content (AvgIpc) is 3.23. The lowest BCUT2D eigenvalue weighted by Crippen LogP contribution is -2.39. The number of hydrogen-bond acceptors (Lipinski definition) is 4. The van der Waals surface area contributed by atoms with Crippen molar-refractivity contribution in [3.05, 3.63) is 42.2 Å². The molecule has 1 N–H and O–H groups in total. The Hall–Kier alpha value is -2.28. The molecule has 3 rings (SSSR count). The number of hydrogen-bond donors (Lipinski definition) is 1. The minimum Gasteiger partial charge on any atom is -0.336 e. The Balaban J connectivity index is 1.75. The number of thioether (sulfide) groups is 1. The number of nitrogens with zero attached hydrogens (tertiary/aromatic N) is 3. The van der Waals surface area contributed by atoms with E-state index in [0.29, 0.717) is 19.0 Å². The van der Waals surface area contributed by atoms with Gasteiger partial charge in [-0.25, -0.2) is 9.78 Å². The summed E-state index contributed by atoms with van der Waals surface area (Å²) in [7, 11) is 0. The summed E-state index contributed by atoms with van der Waals surface area (Å²) in [4.78, 5) is 29.8. The second-order valence-electron chi connectivity index (χ2n) is 6.31. The predicted octanol–water partition coefficient (Wildman–Crippen LogP) is 3.03. The fourth-order valence-electron chi connectivity index (χ4n) is 2.70. The molecule has 0 saturated carbocycles. The molecule has 132 valence electrons. The summed E-state index contributed by atoms with van der Waals surface area (Å²) in [5, 5.41) is 3.00. The third-order valence-corrected chi connectivity index (χ3v) is 5.27. The minimum absolute atomic E-state index is 0.190. The zero-order valence-electron chi connectivity index (χ0n) is 14.6. The van der Waals surface area contributed by atoms with Crippen LogP contribution in [0.15, 0.2) is 41.8 Å². The van der Waals surface area contributed by atoms with Crippen LogP contribution >= 0.6 is 11.8 Å². The maximum atomic E-state index is 12.5. The molecule has 2 heterocycles. The normalized spacial score (nSPS) is 15.5. The van der Waals surface area contributed by atoms with Crippen molar-refractivity contribution in [3.63, 3.8) is 0 Å². The third kappa shape index (κ3) is 3.71. The number of urea groups is 1. The molecule has 1 atom stereocenters. The standard InChI is InChI=1S/C18H22N4O2S/c1-12(2)14-4-6-15(7-5-14)21-10-9-20-18(21)25-13(3)16(23)22-11-8-19-17(22)24/h4-7,9-10,12-13H,8,11H2,1-3H3,(H,19,24)/t13-/m0/s1. The van der Waals surface area contributed by atoms with Crippen LogP contribution in [0.3, 0.4) is 0 Å². The zero-order chi connectivity index (χ0) is 18.0. The Morgan fingerprint density at radius 3 is 2.56 bits per heavy atom. The Morgan fingerprint density at radius 1 is 1.24 bits per heavy atom. The molecule has 1 fully saturated rings. The monoisotopic (exact) mass is 358 g/mol. The second kappa shape index (κ2) is 7.31. The van der Waals surface area contributed by atoms with Crippen LogP contribution in [0.2, 0.25) is 0 Å². The molecule has 1 aromatic heterocycles. The van der Waals surface area contributed by atoms with Crippen LogP contribution < -0.4 is 5.32 Å². The third-order valence-electron chi connectivity index (χ3n) is 4.20. The van der Waals surface area contributed by atoms with Crippen molar-refractivity contribution in [1.29, 1.82) is 0 Å². The molecule has 2 aromatic rings. The van der Waals surface area contributed by atoms with E-state index in [1.54, 1.807) is 13.1 Å². The highest BCUT2D eigenvalue weighted by molar-refractivity contribution is 8.00. The van der Waals surface area contributed by atoms with Crippen molar-refractivity contribution in [2.45, 2.75) is 37.1 Å². The molecule has 0 aliphatic carbocycles. The van der Waals surface area contributed by atoms with Gasteiger partial charge >= 0.3 is 6.03 Å². The van der Waals surface area contributed by atoms with E-state index in [0.717, 1.165) is 10.8 Å². The van der Waals surface area contributed by atoms with Gasteiger partial charge in [0.05, 0.1) is 5.25 Å². The molecule has 0 radical (unpaired) electrons. The quantitative estimate of drug-likeness (QED) is 0.834. The molecule has 0 unspecified atom stereocenters. The molecular weight excluding hydrogens is 336 g/mol. The van der Waals surface area contributed by atoms with E-state index in [1.807, 2.05) is 10.8 Å². The van der Waals surface area contributed by atoms with Crippen molar-refractivity contribution >= 4 is 23.7 Å². The maximum absolute atomic E-state index is 12.5. The lowest BCUT2D eigenvalue weighted by Gasteiger charge is -2.17. The fraction of sp³-hybridized carbons (Fsp3) is 0.389. The second-order valence-corrected chi connectivity index (χ2v) is 7.62. The number of imidazole rings is 1. The maximum Gasteiger partial charge on any atom is 0.324 e. The number of benzene rings is 1. The van der Waals surface area contributed by atoms with Crippen molar-refractivity contribution in [3.8, 4) is 5.69 Å². The first-order valence-corrected chi connectivity index (χ1v) is 9.25. The fourth-order valence-corrected chi connectivity index (χ4v) is 3.65. The van der Waals surface area contributed by atoms with Gasteiger partial charge in [0.1, 0.15) is 0 Å². The molecule has 0 bridgehead atoms. The summed E-state index contributed by atoms with van der Waals surface area (Å²) >= 11 is 1.36. The first-order valence-electron chi connectivity index (χ1n) is 8.37. The van der Waals surface area contributed by atoms with E-state index < -0.39 is 0 Å².